The molecule has 0 aliphatic carbocycles. The summed E-state index contributed by atoms with van der Waals surface area (Å²) in [5.74, 6) is -11.9. The van der Waals surface area contributed by atoms with Crippen LogP contribution in [0.4, 0.5) is 30.7 Å². The minimum atomic E-state index is -6.31. The second-order valence-corrected chi connectivity index (χ2v) is 7.21. The number of rotatable bonds is 13. The highest BCUT2D eigenvalue weighted by Crippen LogP contribution is 2.48. The van der Waals surface area contributed by atoms with Gasteiger partial charge in [-0.3, -0.25) is 4.79 Å². The number of thioether (sulfide) groups is 1. The Hall–Kier alpha value is -0.670. The highest BCUT2D eigenvalue weighted by Gasteiger charge is 2.72. The largest absolute Gasteiger partial charge is 0.465 e. The van der Waals surface area contributed by atoms with Crippen LogP contribution in [-0.2, 0) is 9.53 Å². The topological polar surface area (TPSA) is 26.3 Å². The molecule has 0 heterocycles. The van der Waals surface area contributed by atoms with Crippen LogP contribution in [0.2, 0.25) is 0 Å². The SMILES string of the molecule is CCCCCC(SCCCC(F)(F)C(F)(F)C(F)(F)F)C(=O)OCCC. The van der Waals surface area contributed by atoms with Crippen LogP contribution in [0.3, 0.4) is 0 Å². The average molecular weight is 414 g/mol. The maximum Gasteiger partial charge on any atom is 0.459 e. The molecule has 0 rings (SSSR count). The van der Waals surface area contributed by atoms with Crippen LogP contribution < -0.4 is 0 Å². The molecule has 0 amide bonds. The normalized spacial score (nSPS) is 14.3. The summed E-state index contributed by atoms with van der Waals surface area (Å²) < 4.78 is 93.3. The molecule has 0 saturated heterocycles. The van der Waals surface area contributed by atoms with Crippen LogP contribution in [0.1, 0.15) is 58.8 Å². The Morgan fingerprint density at radius 2 is 1.58 bits per heavy atom. The van der Waals surface area contributed by atoms with Crippen LogP contribution in [0, 0.1) is 0 Å². The summed E-state index contributed by atoms with van der Waals surface area (Å²) in [7, 11) is 0. The number of alkyl halides is 7. The summed E-state index contributed by atoms with van der Waals surface area (Å²) >= 11 is 0.955. The highest BCUT2D eigenvalue weighted by atomic mass is 32.2. The van der Waals surface area contributed by atoms with E-state index in [2.05, 4.69) is 0 Å². The molecular weight excluding hydrogens is 389 g/mol. The van der Waals surface area contributed by atoms with Gasteiger partial charge in [-0.25, -0.2) is 0 Å². The van der Waals surface area contributed by atoms with Crippen LogP contribution in [0.25, 0.3) is 0 Å². The summed E-state index contributed by atoms with van der Waals surface area (Å²) in [5, 5.41) is -0.634. The van der Waals surface area contributed by atoms with Gasteiger partial charge in [-0.05, 0) is 25.0 Å². The first-order chi connectivity index (χ1) is 11.9. The van der Waals surface area contributed by atoms with Crippen LogP contribution in [0.15, 0.2) is 0 Å². The van der Waals surface area contributed by atoms with E-state index in [0.717, 1.165) is 24.6 Å². The zero-order valence-corrected chi connectivity index (χ0v) is 15.6. The lowest BCUT2D eigenvalue weighted by Crippen LogP contribution is -2.51. The monoisotopic (exact) mass is 414 g/mol. The number of carbonyl (C=O) groups excluding carboxylic acids is 1. The second-order valence-electron chi connectivity index (χ2n) is 5.90. The lowest BCUT2D eigenvalue weighted by Gasteiger charge is -2.28. The predicted octanol–water partition coefficient (Wildman–Crippen LogP) is 6.23. The number of hydrogen-bond donors (Lipinski definition) is 0. The molecule has 0 aromatic heterocycles. The van der Waals surface area contributed by atoms with Gasteiger partial charge in [0.2, 0.25) is 0 Å². The molecule has 0 aromatic rings. The first-order valence-electron chi connectivity index (χ1n) is 8.51. The molecule has 0 spiro atoms. The van der Waals surface area contributed by atoms with Gasteiger partial charge in [0.1, 0.15) is 5.25 Å². The van der Waals surface area contributed by atoms with Crippen molar-refractivity contribution in [2.45, 2.75) is 82.1 Å². The number of ether oxygens (including phenoxy) is 1. The minimum Gasteiger partial charge on any atom is -0.465 e. The summed E-state index contributed by atoms with van der Waals surface area (Å²) in [5.41, 5.74) is 0. The fraction of sp³-hybridized carbons (Fsp3) is 0.938. The maximum atomic E-state index is 13.2. The fourth-order valence-electron chi connectivity index (χ4n) is 2.03. The number of carbonyl (C=O) groups is 1. The van der Waals surface area contributed by atoms with E-state index in [9.17, 15) is 35.5 Å². The molecule has 0 radical (unpaired) electrons. The molecule has 2 nitrogen and oxygen atoms in total. The number of unbranched alkanes of at least 4 members (excludes halogenated alkanes) is 2. The van der Waals surface area contributed by atoms with E-state index >= 15 is 0 Å². The zero-order chi connectivity index (χ0) is 20.4. The summed E-state index contributed by atoms with van der Waals surface area (Å²) in [6.45, 7) is 3.97. The predicted molar refractivity (Wildman–Crippen MR) is 86.8 cm³/mol. The van der Waals surface area contributed by atoms with Crippen molar-refractivity contribution in [3.05, 3.63) is 0 Å². The standard InChI is InChI=1S/C16H25F7O2S/c1-3-5-6-8-12(13(24)25-10-4-2)26-11-7-9-14(17,18)15(19,20)16(21,22)23/h12H,3-11H2,1-2H3. The Morgan fingerprint density at radius 3 is 2.08 bits per heavy atom. The molecule has 0 aliphatic heterocycles. The molecule has 0 saturated carbocycles. The van der Waals surface area contributed by atoms with Crippen molar-refractivity contribution in [3.8, 4) is 0 Å². The van der Waals surface area contributed by atoms with Gasteiger partial charge in [-0.2, -0.15) is 30.7 Å². The third kappa shape index (κ3) is 7.92. The molecule has 1 unspecified atom stereocenters. The van der Waals surface area contributed by atoms with E-state index < -0.39 is 42.1 Å². The van der Waals surface area contributed by atoms with Crippen LogP contribution in [-0.4, -0.2) is 41.6 Å². The van der Waals surface area contributed by atoms with Crippen molar-refractivity contribution in [3.63, 3.8) is 0 Å². The number of halogens is 7. The van der Waals surface area contributed by atoms with Crippen molar-refractivity contribution >= 4 is 17.7 Å². The van der Waals surface area contributed by atoms with Crippen molar-refractivity contribution in [2.75, 3.05) is 12.4 Å². The Balaban J connectivity index is 4.58. The van der Waals surface area contributed by atoms with E-state index in [1.165, 1.54) is 0 Å². The van der Waals surface area contributed by atoms with Crippen molar-refractivity contribution in [1.29, 1.82) is 0 Å². The lowest BCUT2D eigenvalue weighted by molar-refractivity contribution is -0.355. The molecule has 1 atom stereocenters. The Kier molecular flexibility index (Phi) is 10.9. The van der Waals surface area contributed by atoms with Gasteiger partial charge in [-0.15, -0.1) is 11.8 Å². The third-order valence-electron chi connectivity index (χ3n) is 3.55. The smallest absolute Gasteiger partial charge is 0.459 e. The van der Waals surface area contributed by atoms with Gasteiger partial charge in [0.25, 0.3) is 0 Å². The van der Waals surface area contributed by atoms with Gasteiger partial charge in [-0.1, -0.05) is 33.1 Å². The average Bonchev–Trinajstić information content (AvgIpc) is 2.53. The van der Waals surface area contributed by atoms with Gasteiger partial charge >= 0.3 is 24.0 Å². The first-order valence-corrected chi connectivity index (χ1v) is 9.56. The first kappa shape index (κ1) is 25.3. The van der Waals surface area contributed by atoms with Crippen molar-refractivity contribution in [1.82, 2.24) is 0 Å². The van der Waals surface area contributed by atoms with E-state index in [1.54, 1.807) is 6.92 Å². The Morgan fingerprint density at radius 1 is 0.962 bits per heavy atom. The van der Waals surface area contributed by atoms with E-state index in [4.69, 9.17) is 4.74 Å². The quantitative estimate of drug-likeness (QED) is 0.203. The zero-order valence-electron chi connectivity index (χ0n) is 14.8. The molecule has 0 aromatic carbocycles. The third-order valence-corrected chi connectivity index (χ3v) is 4.91. The lowest BCUT2D eigenvalue weighted by atomic mass is 10.1. The molecule has 0 fully saturated rings. The second kappa shape index (κ2) is 11.2. The molecule has 0 N–H and O–H groups in total. The molecular formula is C16H25F7O2S. The van der Waals surface area contributed by atoms with E-state index in [-0.39, 0.29) is 12.4 Å². The maximum absolute atomic E-state index is 13.2. The van der Waals surface area contributed by atoms with E-state index in [0.29, 0.717) is 19.3 Å². The van der Waals surface area contributed by atoms with E-state index in [1.807, 2.05) is 6.92 Å². The molecule has 0 bridgehead atoms. The summed E-state index contributed by atoms with van der Waals surface area (Å²) in [6, 6.07) is 0. The highest BCUT2D eigenvalue weighted by molar-refractivity contribution is 8.00. The van der Waals surface area contributed by atoms with Crippen LogP contribution in [0.5, 0.6) is 0 Å². The Labute approximate surface area is 153 Å². The Bertz CT molecular complexity index is 414. The summed E-state index contributed by atoms with van der Waals surface area (Å²) in [6.07, 6.45) is -4.98. The van der Waals surface area contributed by atoms with Gasteiger partial charge in [0.15, 0.2) is 0 Å². The molecule has 26 heavy (non-hydrogen) atoms. The molecule has 0 aliphatic rings. The molecule has 10 heteroatoms. The fourth-order valence-corrected chi connectivity index (χ4v) is 3.16. The number of hydrogen-bond acceptors (Lipinski definition) is 3. The molecule has 156 valence electrons. The van der Waals surface area contributed by atoms with Gasteiger partial charge in [0.05, 0.1) is 6.61 Å². The van der Waals surface area contributed by atoms with Crippen molar-refractivity contribution in [2.24, 2.45) is 0 Å². The van der Waals surface area contributed by atoms with Crippen molar-refractivity contribution < 1.29 is 40.3 Å². The number of esters is 1. The van der Waals surface area contributed by atoms with Crippen LogP contribution >= 0.6 is 11.8 Å². The minimum absolute atomic E-state index is 0.137. The summed E-state index contributed by atoms with van der Waals surface area (Å²) in [4.78, 5) is 11.9. The van der Waals surface area contributed by atoms with Gasteiger partial charge < -0.3 is 4.74 Å². The van der Waals surface area contributed by atoms with Gasteiger partial charge in [0, 0.05) is 6.42 Å².